The van der Waals surface area contributed by atoms with E-state index in [0.29, 0.717) is 12.6 Å². The summed E-state index contributed by atoms with van der Waals surface area (Å²) < 4.78 is 16.5. The van der Waals surface area contributed by atoms with E-state index in [2.05, 4.69) is 28.6 Å². The first-order valence-corrected chi connectivity index (χ1v) is 9.16. The van der Waals surface area contributed by atoms with Crippen molar-refractivity contribution in [3.05, 3.63) is 29.8 Å². The average molecular weight is 477 g/mol. The number of aliphatic imine (C=N–C) groups is 1. The van der Waals surface area contributed by atoms with Crippen LogP contribution < -0.4 is 15.4 Å². The summed E-state index contributed by atoms with van der Waals surface area (Å²) in [5.41, 5.74) is 1.12. The molecule has 1 aromatic rings. The van der Waals surface area contributed by atoms with Gasteiger partial charge in [-0.2, -0.15) is 0 Å². The van der Waals surface area contributed by atoms with Crippen molar-refractivity contribution < 1.29 is 14.2 Å². The highest BCUT2D eigenvalue weighted by molar-refractivity contribution is 14.0. The molecule has 0 bridgehead atoms. The van der Waals surface area contributed by atoms with E-state index in [1.807, 2.05) is 18.2 Å². The highest BCUT2D eigenvalue weighted by atomic mass is 127. The van der Waals surface area contributed by atoms with Gasteiger partial charge in [0.2, 0.25) is 0 Å². The van der Waals surface area contributed by atoms with Crippen molar-refractivity contribution in [3.8, 4) is 5.75 Å². The van der Waals surface area contributed by atoms with Crippen LogP contribution in [0.5, 0.6) is 5.75 Å². The second-order valence-corrected chi connectivity index (χ2v) is 6.01. The summed E-state index contributed by atoms with van der Waals surface area (Å²) in [6.45, 7) is 6.78. The van der Waals surface area contributed by atoms with Crippen LogP contribution in [0.25, 0.3) is 0 Å². The molecule has 0 spiro atoms. The van der Waals surface area contributed by atoms with Gasteiger partial charge >= 0.3 is 0 Å². The number of rotatable bonds is 9. The summed E-state index contributed by atoms with van der Waals surface area (Å²) in [6, 6.07) is 7.99. The van der Waals surface area contributed by atoms with E-state index in [4.69, 9.17) is 14.2 Å². The maximum absolute atomic E-state index is 5.89. The van der Waals surface area contributed by atoms with Crippen molar-refractivity contribution in [1.82, 2.24) is 10.6 Å². The van der Waals surface area contributed by atoms with Crippen molar-refractivity contribution >= 4 is 29.9 Å². The number of hydrogen-bond donors (Lipinski definition) is 2. The van der Waals surface area contributed by atoms with E-state index >= 15 is 0 Å². The number of benzene rings is 1. The topological polar surface area (TPSA) is 64.1 Å². The van der Waals surface area contributed by atoms with Crippen LogP contribution in [0, 0.1) is 0 Å². The van der Waals surface area contributed by atoms with Gasteiger partial charge in [-0.05, 0) is 43.9 Å². The van der Waals surface area contributed by atoms with Gasteiger partial charge in [-0.15, -0.1) is 24.0 Å². The van der Waals surface area contributed by atoms with Gasteiger partial charge in [0.05, 0.1) is 19.8 Å². The van der Waals surface area contributed by atoms with E-state index in [0.717, 1.165) is 69.4 Å². The second kappa shape index (κ2) is 14.1. The van der Waals surface area contributed by atoms with Crippen LogP contribution in [0.1, 0.15) is 31.7 Å². The minimum Gasteiger partial charge on any atom is -0.497 e. The summed E-state index contributed by atoms with van der Waals surface area (Å²) >= 11 is 0. The highest BCUT2D eigenvalue weighted by Crippen LogP contribution is 2.13. The third-order valence-electron chi connectivity index (χ3n) is 4.03. The Labute approximate surface area is 174 Å². The van der Waals surface area contributed by atoms with Crippen LogP contribution >= 0.6 is 24.0 Å². The Morgan fingerprint density at radius 1 is 1.27 bits per heavy atom. The zero-order chi connectivity index (χ0) is 17.7. The van der Waals surface area contributed by atoms with Crippen LogP contribution in [-0.2, 0) is 16.0 Å². The molecule has 7 heteroatoms. The van der Waals surface area contributed by atoms with Crippen molar-refractivity contribution in [1.29, 1.82) is 0 Å². The molecule has 1 saturated heterocycles. The van der Waals surface area contributed by atoms with Crippen molar-refractivity contribution in [3.63, 3.8) is 0 Å². The lowest BCUT2D eigenvalue weighted by Gasteiger charge is -2.22. The molecule has 6 nitrogen and oxygen atoms in total. The zero-order valence-corrected chi connectivity index (χ0v) is 18.2. The van der Waals surface area contributed by atoms with E-state index in [-0.39, 0.29) is 24.0 Å². The van der Waals surface area contributed by atoms with E-state index in [1.165, 1.54) is 0 Å². The number of nitrogens with zero attached hydrogens (tertiary/aromatic N) is 1. The predicted octanol–water partition coefficient (Wildman–Crippen LogP) is 2.95. The van der Waals surface area contributed by atoms with E-state index in [1.54, 1.807) is 7.11 Å². The Kier molecular flexibility index (Phi) is 12.4. The molecule has 2 N–H and O–H groups in total. The number of ether oxygens (including phenoxy) is 3. The molecule has 0 aromatic heterocycles. The lowest BCUT2D eigenvalue weighted by Crippen LogP contribution is -2.38. The lowest BCUT2D eigenvalue weighted by atomic mass is 10.1. The van der Waals surface area contributed by atoms with E-state index < -0.39 is 0 Å². The highest BCUT2D eigenvalue weighted by Gasteiger charge is 2.13. The molecule has 1 aliphatic rings. The quantitative estimate of drug-likeness (QED) is 0.248. The SMILES string of the molecule is CCNC(=NCc1cccc(OC)c1)NCCCOC1CCOCC1.I. The normalized spacial score (nSPS) is 15.2. The molecule has 1 heterocycles. The molecule has 0 amide bonds. The molecular formula is C19H32IN3O3. The van der Waals surface area contributed by atoms with Gasteiger partial charge in [-0.3, -0.25) is 0 Å². The molecule has 1 fully saturated rings. The van der Waals surface area contributed by atoms with Crippen LogP contribution in [0.4, 0.5) is 0 Å². The summed E-state index contributed by atoms with van der Waals surface area (Å²) in [7, 11) is 1.68. The van der Waals surface area contributed by atoms with E-state index in [9.17, 15) is 0 Å². The largest absolute Gasteiger partial charge is 0.497 e. The molecule has 1 aromatic carbocycles. The first kappa shape index (κ1) is 23.0. The lowest BCUT2D eigenvalue weighted by molar-refractivity contribution is -0.0320. The molecule has 148 valence electrons. The predicted molar refractivity (Wildman–Crippen MR) is 116 cm³/mol. The van der Waals surface area contributed by atoms with Gasteiger partial charge in [0.25, 0.3) is 0 Å². The molecule has 0 atom stereocenters. The smallest absolute Gasteiger partial charge is 0.191 e. The van der Waals surface area contributed by atoms with Gasteiger partial charge < -0.3 is 24.8 Å². The fraction of sp³-hybridized carbons (Fsp3) is 0.632. The molecule has 0 aliphatic carbocycles. The first-order valence-electron chi connectivity index (χ1n) is 9.16. The minimum atomic E-state index is 0. The number of nitrogens with one attached hydrogen (secondary N) is 2. The summed E-state index contributed by atoms with van der Waals surface area (Å²) in [4.78, 5) is 4.63. The maximum Gasteiger partial charge on any atom is 0.191 e. The first-order chi connectivity index (χ1) is 12.3. The fourth-order valence-electron chi connectivity index (χ4n) is 2.65. The third-order valence-corrected chi connectivity index (χ3v) is 4.03. The zero-order valence-electron chi connectivity index (χ0n) is 15.8. The Hall–Kier alpha value is -1.06. The molecule has 26 heavy (non-hydrogen) atoms. The number of hydrogen-bond acceptors (Lipinski definition) is 4. The van der Waals surface area contributed by atoms with Crippen molar-refractivity contribution in [2.75, 3.05) is 40.0 Å². The Bertz CT molecular complexity index is 523. The van der Waals surface area contributed by atoms with Gasteiger partial charge in [0, 0.05) is 32.9 Å². The molecular weight excluding hydrogens is 445 g/mol. The summed E-state index contributed by atoms with van der Waals surface area (Å²) in [5.74, 6) is 1.69. The number of methoxy groups -OCH3 is 1. The van der Waals surface area contributed by atoms with Gasteiger partial charge in [0.1, 0.15) is 5.75 Å². The van der Waals surface area contributed by atoms with Gasteiger partial charge in [-0.1, -0.05) is 12.1 Å². The monoisotopic (exact) mass is 477 g/mol. The van der Waals surface area contributed by atoms with Crippen LogP contribution in [0.15, 0.2) is 29.3 Å². The Balaban J connectivity index is 0.00000338. The fourth-order valence-corrected chi connectivity index (χ4v) is 2.65. The van der Waals surface area contributed by atoms with Gasteiger partial charge in [-0.25, -0.2) is 4.99 Å². The molecule has 0 unspecified atom stereocenters. The maximum atomic E-state index is 5.89. The summed E-state index contributed by atoms with van der Waals surface area (Å²) in [5, 5.41) is 6.63. The molecule has 1 aliphatic heterocycles. The molecule has 0 radical (unpaired) electrons. The number of guanidine groups is 1. The molecule has 2 rings (SSSR count). The average Bonchev–Trinajstić information content (AvgIpc) is 2.66. The summed E-state index contributed by atoms with van der Waals surface area (Å²) in [6.07, 6.45) is 3.35. The van der Waals surface area contributed by atoms with Crippen LogP contribution in [0.3, 0.4) is 0 Å². The van der Waals surface area contributed by atoms with Gasteiger partial charge in [0.15, 0.2) is 5.96 Å². The third kappa shape index (κ3) is 9.05. The molecule has 0 saturated carbocycles. The van der Waals surface area contributed by atoms with Crippen molar-refractivity contribution in [2.45, 2.75) is 38.8 Å². The Morgan fingerprint density at radius 2 is 2.08 bits per heavy atom. The minimum absolute atomic E-state index is 0. The van der Waals surface area contributed by atoms with Crippen LogP contribution in [0.2, 0.25) is 0 Å². The van der Waals surface area contributed by atoms with Crippen LogP contribution in [-0.4, -0.2) is 52.1 Å². The van der Waals surface area contributed by atoms with Crippen molar-refractivity contribution in [2.24, 2.45) is 4.99 Å². The second-order valence-electron chi connectivity index (χ2n) is 6.01. The number of halogens is 1. The Morgan fingerprint density at radius 3 is 2.81 bits per heavy atom. The standard InChI is InChI=1S/C19H31N3O3.HI/c1-3-20-19(22-15-16-6-4-7-18(14-16)23-2)21-10-5-11-25-17-8-12-24-13-9-17;/h4,6-7,14,17H,3,5,8-13,15H2,1-2H3,(H2,20,21,22);1H.